The molecule has 0 amide bonds. The smallest absolute Gasteiger partial charge is 0.0485 e. The molecule has 2 heterocycles. The highest BCUT2D eigenvalue weighted by atomic mass is 14.9. The van der Waals surface area contributed by atoms with Crippen LogP contribution in [0, 0.1) is 0 Å². The lowest BCUT2D eigenvalue weighted by atomic mass is 9.92. The van der Waals surface area contributed by atoms with E-state index in [1.807, 2.05) is 37.8 Å². The quantitative estimate of drug-likeness (QED) is 0.894. The molecule has 2 atom stereocenters. The van der Waals surface area contributed by atoms with Crippen LogP contribution in [0.1, 0.15) is 35.2 Å². The van der Waals surface area contributed by atoms with Gasteiger partial charge >= 0.3 is 0 Å². The average Bonchev–Trinajstić information content (AvgIpc) is 2.85. The Kier molecular flexibility index (Phi) is 3.07. The fourth-order valence-corrected chi connectivity index (χ4v) is 2.93. The summed E-state index contributed by atoms with van der Waals surface area (Å²) in [5.74, 6) is 0.454. The van der Waals surface area contributed by atoms with Gasteiger partial charge in [0.2, 0.25) is 0 Å². The molecule has 0 spiro atoms. The van der Waals surface area contributed by atoms with E-state index < -0.39 is 0 Å². The van der Waals surface area contributed by atoms with Crippen LogP contribution in [0.3, 0.4) is 0 Å². The second-order valence-corrected chi connectivity index (χ2v) is 4.75. The Morgan fingerprint density at radius 3 is 2.94 bits per heavy atom. The van der Waals surface area contributed by atoms with Gasteiger partial charge in [0, 0.05) is 36.2 Å². The first-order valence-corrected chi connectivity index (χ1v) is 6.41. The topological polar surface area (TPSA) is 37.8 Å². The lowest BCUT2D eigenvalue weighted by molar-refractivity contribution is 0.469. The Balaban J connectivity index is 1.95. The number of hydrogen-bond acceptors (Lipinski definition) is 3. The first-order chi connectivity index (χ1) is 8.90. The largest absolute Gasteiger partial charge is 0.312 e. The Hall–Kier alpha value is -1.74. The highest BCUT2D eigenvalue weighted by Gasteiger charge is 2.30. The number of aryl methyl sites for hydroxylation is 1. The first kappa shape index (κ1) is 11.4. The van der Waals surface area contributed by atoms with Crippen LogP contribution >= 0.6 is 0 Å². The van der Waals surface area contributed by atoms with E-state index in [4.69, 9.17) is 0 Å². The summed E-state index contributed by atoms with van der Waals surface area (Å²) in [7, 11) is 2.01. The molecule has 2 aromatic rings. The highest BCUT2D eigenvalue weighted by molar-refractivity contribution is 5.32. The van der Waals surface area contributed by atoms with E-state index in [1.165, 1.54) is 16.8 Å². The minimum atomic E-state index is 0.301. The molecule has 0 aliphatic heterocycles. The van der Waals surface area contributed by atoms with Gasteiger partial charge in [0.15, 0.2) is 0 Å². The van der Waals surface area contributed by atoms with Crippen LogP contribution in [0.25, 0.3) is 0 Å². The maximum Gasteiger partial charge on any atom is 0.0485 e. The van der Waals surface area contributed by atoms with Gasteiger partial charge in [-0.3, -0.25) is 9.97 Å². The zero-order valence-corrected chi connectivity index (χ0v) is 10.5. The molecule has 1 N–H and O–H groups in total. The molecule has 0 aromatic carbocycles. The summed E-state index contributed by atoms with van der Waals surface area (Å²) in [6, 6.07) is 8.65. The molecule has 1 aliphatic rings. The zero-order chi connectivity index (χ0) is 12.4. The molecule has 1 aliphatic carbocycles. The van der Waals surface area contributed by atoms with Gasteiger partial charge in [-0.2, -0.15) is 0 Å². The second kappa shape index (κ2) is 4.86. The SMILES string of the molecule is CNC(c1cccnc1)C1CCc2cccnc21. The van der Waals surface area contributed by atoms with Crippen LogP contribution in [0.2, 0.25) is 0 Å². The van der Waals surface area contributed by atoms with Gasteiger partial charge in [-0.05, 0) is 43.1 Å². The van der Waals surface area contributed by atoms with Gasteiger partial charge in [0.1, 0.15) is 0 Å². The standard InChI is InChI=1S/C15H17N3/c1-16-14(12-5-2-8-17-10-12)13-7-6-11-4-3-9-18-15(11)13/h2-5,8-10,13-14,16H,6-7H2,1H3. The number of pyridine rings is 2. The molecule has 18 heavy (non-hydrogen) atoms. The fourth-order valence-electron chi connectivity index (χ4n) is 2.93. The number of nitrogens with zero attached hydrogens (tertiary/aromatic N) is 2. The van der Waals surface area contributed by atoms with Crippen LogP contribution in [0.15, 0.2) is 42.9 Å². The van der Waals surface area contributed by atoms with E-state index in [9.17, 15) is 0 Å². The number of aromatic nitrogens is 2. The van der Waals surface area contributed by atoms with Gasteiger partial charge < -0.3 is 5.32 Å². The number of fused-ring (bicyclic) bond motifs is 1. The molecule has 2 aromatic heterocycles. The van der Waals surface area contributed by atoms with Gasteiger partial charge in [-0.25, -0.2) is 0 Å². The Bertz CT molecular complexity index is 524. The molecule has 3 nitrogen and oxygen atoms in total. The summed E-state index contributed by atoms with van der Waals surface area (Å²) >= 11 is 0. The van der Waals surface area contributed by atoms with Crippen molar-refractivity contribution in [1.29, 1.82) is 0 Å². The molecule has 0 saturated carbocycles. The third kappa shape index (κ3) is 1.91. The number of rotatable bonds is 3. The van der Waals surface area contributed by atoms with E-state index in [2.05, 4.69) is 27.4 Å². The van der Waals surface area contributed by atoms with Crippen molar-refractivity contribution in [2.24, 2.45) is 0 Å². The Morgan fingerprint density at radius 1 is 1.28 bits per heavy atom. The highest BCUT2D eigenvalue weighted by Crippen LogP contribution is 2.39. The number of hydrogen-bond donors (Lipinski definition) is 1. The van der Waals surface area contributed by atoms with Crippen LogP contribution < -0.4 is 5.32 Å². The third-order valence-corrected chi connectivity index (χ3v) is 3.76. The Morgan fingerprint density at radius 2 is 2.17 bits per heavy atom. The fraction of sp³-hybridized carbons (Fsp3) is 0.333. The normalized spacial score (nSPS) is 19.5. The molecule has 3 heteroatoms. The van der Waals surface area contributed by atoms with E-state index in [1.54, 1.807) is 0 Å². The predicted octanol–water partition coefficient (Wildman–Crippen LogP) is 2.47. The van der Waals surface area contributed by atoms with Crippen molar-refractivity contribution in [3.05, 3.63) is 59.7 Å². The molecule has 0 saturated heterocycles. The van der Waals surface area contributed by atoms with Crippen LogP contribution in [0.4, 0.5) is 0 Å². The molecular formula is C15H17N3. The van der Waals surface area contributed by atoms with Crippen molar-refractivity contribution in [3.63, 3.8) is 0 Å². The zero-order valence-electron chi connectivity index (χ0n) is 10.5. The van der Waals surface area contributed by atoms with Crippen molar-refractivity contribution in [3.8, 4) is 0 Å². The van der Waals surface area contributed by atoms with Crippen molar-refractivity contribution < 1.29 is 0 Å². The summed E-state index contributed by atoms with van der Waals surface area (Å²) in [6.07, 6.45) is 7.95. The number of likely N-dealkylation sites (N-methyl/N-ethyl adjacent to an activating group) is 1. The maximum atomic E-state index is 4.57. The molecule has 0 bridgehead atoms. The summed E-state index contributed by atoms with van der Waals surface area (Å²) < 4.78 is 0. The lowest BCUT2D eigenvalue weighted by Crippen LogP contribution is -2.23. The van der Waals surface area contributed by atoms with Gasteiger partial charge in [-0.1, -0.05) is 12.1 Å². The molecule has 2 unspecified atom stereocenters. The Labute approximate surface area is 107 Å². The monoisotopic (exact) mass is 239 g/mol. The van der Waals surface area contributed by atoms with E-state index >= 15 is 0 Å². The van der Waals surface area contributed by atoms with Gasteiger partial charge in [0.25, 0.3) is 0 Å². The van der Waals surface area contributed by atoms with Crippen molar-refractivity contribution >= 4 is 0 Å². The molecule has 3 rings (SSSR count). The summed E-state index contributed by atoms with van der Waals surface area (Å²) in [6.45, 7) is 0. The molecule has 0 fully saturated rings. The van der Waals surface area contributed by atoms with Crippen molar-refractivity contribution in [1.82, 2.24) is 15.3 Å². The average molecular weight is 239 g/mol. The predicted molar refractivity (Wildman–Crippen MR) is 71.3 cm³/mol. The lowest BCUT2D eigenvalue weighted by Gasteiger charge is -2.23. The van der Waals surface area contributed by atoms with E-state index in [0.29, 0.717) is 12.0 Å². The summed E-state index contributed by atoms with van der Waals surface area (Å²) in [5, 5.41) is 3.42. The van der Waals surface area contributed by atoms with Crippen LogP contribution in [-0.4, -0.2) is 17.0 Å². The van der Waals surface area contributed by atoms with E-state index in [-0.39, 0.29) is 0 Å². The molecular weight excluding hydrogens is 222 g/mol. The van der Waals surface area contributed by atoms with Crippen molar-refractivity contribution in [2.45, 2.75) is 24.8 Å². The molecule has 0 radical (unpaired) electrons. The second-order valence-electron chi connectivity index (χ2n) is 4.75. The van der Waals surface area contributed by atoms with E-state index in [0.717, 1.165) is 12.8 Å². The summed E-state index contributed by atoms with van der Waals surface area (Å²) in [4.78, 5) is 8.80. The molecule has 92 valence electrons. The number of nitrogens with one attached hydrogen (secondary N) is 1. The van der Waals surface area contributed by atoms with Crippen molar-refractivity contribution in [2.75, 3.05) is 7.05 Å². The minimum absolute atomic E-state index is 0.301. The van der Waals surface area contributed by atoms with Crippen LogP contribution in [0.5, 0.6) is 0 Å². The third-order valence-electron chi connectivity index (χ3n) is 3.76. The minimum Gasteiger partial charge on any atom is -0.312 e. The maximum absolute atomic E-state index is 4.57. The first-order valence-electron chi connectivity index (χ1n) is 6.41. The van der Waals surface area contributed by atoms with Gasteiger partial charge in [0.05, 0.1) is 0 Å². The summed E-state index contributed by atoms with van der Waals surface area (Å²) in [5.41, 5.74) is 3.89. The van der Waals surface area contributed by atoms with Crippen LogP contribution in [-0.2, 0) is 6.42 Å². The van der Waals surface area contributed by atoms with Gasteiger partial charge in [-0.15, -0.1) is 0 Å².